The highest BCUT2D eigenvalue weighted by Crippen LogP contribution is 2.13. The zero-order chi connectivity index (χ0) is 7.40. The van der Waals surface area contributed by atoms with Crippen molar-refractivity contribution in [3.63, 3.8) is 0 Å². The SMILES string of the molecule is BrC[CH]c1cccc(Br)c1. The number of halogens is 2. The van der Waals surface area contributed by atoms with Crippen molar-refractivity contribution in [3.05, 3.63) is 40.7 Å². The van der Waals surface area contributed by atoms with E-state index in [1.165, 1.54) is 5.56 Å². The van der Waals surface area contributed by atoms with Crippen molar-refractivity contribution in [2.24, 2.45) is 0 Å². The second-order valence-corrected chi connectivity index (χ2v) is 3.48. The third-order valence-corrected chi connectivity index (χ3v) is 1.98. The fourth-order valence-electron chi connectivity index (χ4n) is 0.723. The van der Waals surface area contributed by atoms with Crippen molar-refractivity contribution in [3.8, 4) is 0 Å². The summed E-state index contributed by atoms with van der Waals surface area (Å²) in [6.45, 7) is 0. The van der Waals surface area contributed by atoms with E-state index in [-0.39, 0.29) is 0 Å². The third kappa shape index (κ3) is 2.43. The average molecular weight is 263 g/mol. The molecule has 0 atom stereocenters. The molecule has 0 amide bonds. The van der Waals surface area contributed by atoms with Gasteiger partial charge in [0, 0.05) is 16.2 Å². The molecule has 0 heterocycles. The van der Waals surface area contributed by atoms with E-state index in [1.54, 1.807) is 0 Å². The maximum Gasteiger partial charge on any atom is 0.0178 e. The minimum absolute atomic E-state index is 0.906. The maximum atomic E-state index is 3.40. The summed E-state index contributed by atoms with van der Waals surface area (Å²) in [6.07, 6.45) is 2.12. The maximum absolute atomic E-state index is 3.40. The molecule has 0 saturated heterocycles. The zero-order valence-corrected chi connectivity index (χ0v) is 8.52. The van der Waals surface area contributed by atoms with Gasteiger partial charge in [0.2, 0.25) is 0 Å². The molecule has 0 aromatic heterocycles. The first kappa shape index (κ1) is 8.28. The molecule has 0 aliphatic rings. The number of rotatable bonds is 2. The Kier molecular flexibility index (Phi) is 3.43. The van der Waals surface area contributed by atoms with Crippen LogP contribution in [0.15, 0.2) is 28.7 Å². The van der Waals surface area contributed by atoms with E-state index in [0.717, 1.165) is 9.80 Å². The summed E-state index contributed by atoms with van der Waals surface area (Å²) in [5, 5.41) is 0.906. The van der Waals surface area contributed by atoms with Gasteiger partial charge >= 0.3 is 0 Å². The van der Waals surface area contributed by atoms with Crippen LogP contribution in [0, 0.1) is 6.42 Å². The molecule has 1 aromatic rings. The van der Waals surface area contributed by atoms with Crippen molar-refractivity contribution < 1.29 is 0 Å². The van der Waals surface area contributed by atoms with Gasteiger partial charge in [0.15, 0.2) is 0 Å². The van der Waals surface area contributed by atoms with Crippen LogP contribution in [0.1, 0.15) is 5.56 Å². The molecule has 0 aliphatic carbocycles. The number of hydrogen-bond donors (Lipinski definition) is 0. The normalized spacial score (nSPS) is 9.80. The van der Waals surface area contributed by atoms with E-state index in [2.05, 4.69) is 50.4 Å². The molecule has 0 unspecified atom stereocenters. The largest absolute Gasteiger partial charge is 0.0921 e. The summed E-state index contributed by atoms with van der Waals surface area (Å²) in [6, 6.07) is 8.21. The Labute approximate surface area is 77.9 Å². The first-order chi connectivity index (χ1) is 4.83. The fraction of sp³-hybridized carbons (Fsp3) is 0.125. The van der Waals surface area contributed by atoms with Gasteiger partial charge in [0.05, 0.1) is 0 Å². The molecular weight excluding hydrogens is 256 g/mol. The predicted molar refractivity (Wildman–Crippen MR) is 51.3 cm³/mol. The lowest BCUT2D eigenvalue weighted by atomic mass is 10.2. The Morgan fingerprint density at radius 1 is 1.40 bits per heavy atom. The number of alkyl halides is 1. The van der Waals surface area contributed by atoms with Gasteiger partial charge in [-0.05, 0) is 17.7 Å². The van der Waals surface area contributed by atoms with E-state index in [0.29, 0.717) is 0 Å². The lowest BCUT2D eigenvalue weighted by Gasteiger charge is -1.95. The lowest BCUT2D eigenvalue weighted by molar-refractivity contribution is 1.43. The summed E-state index contributed by atoms with van der Waals surface area (Å²) in [5.74, 6) is 0. The molecule has 0 fully saturated rings. The highest BCUT2D eigenvalue weighted by atomic mass is 79.9. The van der Waals surface area contributed by atoms with Crippen LogP contribution in [0.2, 0.25) is 0 Å². The summed E-state index contributed by atoms with van der Waals surface area (Å²) in [4.78, 5) is 0. The van der Waals surface area contributed by atoms with E-state index in [1.807, 2.05) is 12.1 Å². The van der Waals surface area contributed by atoms with Crippen molar-refractivity contribution in [2.75, 3.05) is 5.33 Å². The van der Waals surface area contributed by atoms with Gasteiger partial charge in [0.25, 0.3) is 0 Å². The predicted octanol–water partition coefficient (Wildman–Crippen LogP) is 3.40. The van der Waals surface area contributed by atoms with Crippen LogP contribution >= 0.6 is 31.9 Å². The Hall–Kier alpha value is 0.180. The van der Waals surface area contributed by atoms with Crippen LogP contribution in [0.4, 0.5) is 0 Å². The van der Waals surface area contributed by atoms with E-state index in [9.17, 15) is 0 Å². The molecule has 1 aromatic carbocycles. The van der Waals surface area contributed by atoms with Crippen LogP contribution in [0.5, 0.6) is 0 Å². The first-order valence-corrected chi connectivity index (χ1v) is 4.89. The van der Waals surface area contributed by atoms with Crippen molar-refractivity contribution in [2.45, 2.75) is 0 Å². The van der Waals surface area contributed by atoms with Crippen LogP contribution in [0.3, 0.4) is 0 Å². The summed E-state index contributed by atoms with van der Waals surface area (Å²) in [5.41, 5.74) is 1.24. The van der Waals surface area contributed by atoms with Crippen LogP contribution in [-0.4, -0.2) is 5.33 Å². The number of benzene rings is 1. The highest BCUT2D eigenvalue weighted by molar-refractivity contribution is 9.10. The molecule has 0 bridgehead atoms. The topological polar surface area (TPSA) is 0 Å². The van der Waals surface area contributed by atoms with Crippen LogP contribution in [-0.2, 0) is 0 Å². The Balaban J connectivity index is 2.75. The Morgan fingerprint density at radius 3 is 2.80 bits per heavy atom. The molecule has 0 saturated carbocycles. The van der Waals surface area contributed by atoms with Gasteiger partial charge in [-0.2, -0.15) is 0 Å². The average Bonchev–Trinajstić information content (AvgIpc) is 1.88. The molecule has 2 heteroatoms. The molecule has 0 nitrogen and oxygen atoms in total. The fourth-order valence-corrected chi connectivity index (χ4v) is 1.51. The second-order valence-electron chi connectivity index (χ2n) is 1.91. The third-order valence-electron chi connectivity index (χ3n) is 1.16. The summed E-state index contributed by atoms with van der Waals surface area (Å²) >= 11 is 6.74. The van der Waals surface area contributed by atoms with E-state index < -0.39 is 0 Å². The van der Waals surface area contributed by atoms with Gasteiger partial charge in [-0.1, -0.05) is 44.0 Å². The molecule has 0 spiro atoms. The van der Waals surface area contributed by atoms with Crippen molar-refractivity contribution >= 4 is 31.9 Å². The van der Waals surface area contributed by atoms with Gasteiger partial charge in [-0.3, -0.25) is 0 Å². The van der Waals surface area contributed by atoms with Gasteiger partial charge in [0.1, 0.15) is 0 Å². The smallest absolute Gasteiger partial charge is 0.0178 e. The monoisotopic (exact) mass is 261 g/mol. The van der Waals surface area contributed by atoms with Gasteiger partial charge < -0.3 is 0 Å². The highest BCUT2D eigenvalue weighted by Gasteiger charge is 1.91. The Bertz CT molecular complexity index is 208. The van der Waals surface area contributed by atoms with Gasteiger partial charge in [-0.15, -0.1) is 0 Å². The quantitative estimate of drug-likeness (QED) is 0.717. The van der Waals surface area contributed by atoms with E-state index in [4.69, 9.17) is 0 Å². The number of hydrogen-bond acceptors (Lipinski definition) is 0. The van der Waals surface area contributed by atoms with E-state index >= 15 is 0 Å². The molecular formula is C8H7Br2. The standard InChI is InChI=1S/C8H7Br2/c9-5-4-7-2-1-3-8(10)6-7/h1-4,6H,5H2. The molecule has 1 radical (unpaired) electrons. The van der Waals surface area contributed by atoms with Crippen LogP contribution < -0.4 is 0 Å². The first-order valence-electron chi connectivity index (χ1n) is 2.97. The van der Waals surface area contributed by atoms with Crippen molar-refractivity contribution in [1.29, 1.82) is 0 Å². The lowest BCUT2D eigenvalue weighted by Crippen LogP contribution is -1.80. The van der Waals surface area contributed by atoms with Gasteiger partial charge in [-0.25, -0.2) is 0 Å². The molecule has 0 N–H and O–H groups in total. The second kappa shape index (κ2) is 4.14. The molecule has 53 valence electrons. The Morgan fingerprint density at radius 2 is 2.20 bits per heavy atom. The zero-order valence-electron chi connectivity index (χ0n) is 5.35. The molecule has 10 heavy (non-hydrogen) atoms. The van der Waals surface area contributed by atoms with Crippen LogP contribution in [0.25, 0.3) is 0 Å². The minimum Gasteiger partial charge on any atom is -0.0921 e. The minimum atomic E-state index is 0.906. The summed E-state index contributed by atoms with van der Waals surface area (Å²) < 4.78 is 1.13. The summed E-state index contributed by atoms with van der Waals surface area (Å²) in [7, 11) is 0. The molecule has 1 rings (SSSR count). The van der Waals surface area contributed by atoms with Crippen molar-refractivity contribution in [1.82, 2.24) is 0 Å². The molecule has 0 aliphatic heterocycles.